The predicted molar refractivity (Wildman–Crippen MR) is 120 cm³/mol. The highest BCUT2D eigenvalue weighted by Crippen LogP contribution is 2.29. The van der Waals surface area contributed by atoms with Crippen molar-refractivity contribution < 1.29 is 14.5 Å². The van der Waals surface area contributed by atoms with Crippen LogP contribution in [0.4, 0.5) is 17.1 Å². The van der Waals surface area contributed by atoms with Crippen LogP contribution in [0.3, 0.4) is 0 Å². The van der Waals surface area contributed by atoms with Gasteiger partial charge in [0.2, 0.25) is 5.78 Å². The monoisotopic (exact) mass is 478 g/mol. The molecule has 2 aromatic carbocycles. The Balaban J connectivity index is 1.77. The van der Waals surface area contributed by atoms with E-state index in [0.717, 1.165) is 4.47 Å². The second-order valence-electron chi connectivity index (χ2n) is 6.69. The van der Waals surface area contributed by atoms with Crippen LogP contribution in [0.25, 0.3) is 5.52 Å². The van der Waals surface area contributed by atoms with Gasteiger partial charge in [-0.05, 0) is 48.5 Å². The van der Waals surface area contributed by atoms with Crippen LogP contribution in [-0.2, 0) is 0 Å². The number of aromatic nitrogens is 1. The summed E-state index contributed by atoms with van der Waals surface area (Å²) in [6.45, 7) is 0. The normalized spacial score (nSPS) is 10.7. The molecule has 2 heterocycles. The minimum Gasteiger partial charge on any atom is -0.396 e. The van der Waals surface area contributed by atoms with Gasteiger partial charge in [0.05, 0.1) is 21.7 Å². The Morgan fingerprint density at radius 3 is 2.32 bits per heavy atom. The molecular formula is C22H15BrN4O4. The summed E-state index contributed by atoms with van der Waals surface area (Å²) in [5.41, 5.74) is 7.76. The number of nitro groups is 1. The van der Waals surface area contributed by atoms with E-state index in [0.29, 0.717) is 11.2 Å². The van der Waals surface area contributed by atoms with Crippen LogP contribution in [0, 0.1) is 10.1 Å². The molecule has 1 amide bonds. The van der Waals surface area contributed by atoms with E-state index in [1.807, 2.05) is 0 Å². The zero-order valence-corrected chi connectivity index (χ0v) is 17.5. The number of carbonyl (C=O) groups is 2. The number of nitrogens with one attached hydrogen (secondary N) is 1. The first-order chi connectivity index (χ1) is 14.9. The maximum Gasteiger partial charge on any atom is 0.269 e. The molecule has 0 saturated carbocycles. The van der Waals surface area contributed by atoms with Crippen LogP contribution in [0.2, 0.25) is 0 Å². The number of halogens is 1. The Kier molecular flexibility index (Phi) is 5.26. The van der Waals surface area contributed by atoms with Crippen molar-refractivity contribution >= 4 is 50.2 Å². The molecule has 8 nitrogen and oxygen atoms in total. The third-order valence-corrected chi connectivity index (χ3v) is 5.29. The van der Waals surface area contributed by atoms with Crippen LogP contribution in [-0.4, -0.2) is 21.0 Å². The standard InChI is InChI=1S/C22H15BrN4O4/c23-14-6-8-15(9-7-14)25-22(29)18-17-3-1-2-12-26(17)20(19(18)24)21(28)13-4-10-16(11-5-13)27(30)31/h1-12H,24H2,(H,25,29). The summed E-state index contributed by atoms with van der Waals surface area (Å²) < 4.78 is 2.42. The molecule has 0 aliphatic carbocycles. The molecule has 31 heavy (non-hydrogen) atoms. The van der Waals surface area contributed by atoms with E-state index >= 15 is 0 Å². The third kappa shape index (κ3) is 3.78. The lowest BCUT2D eigenvalue weighted by Gasteiger charge is -2.06. The quantitative estimate of drug-likeness (QED) is 0.245. The number of hydrogen-bond acceptors (Lipinski definition) is 5. The number of amides is 1. The fraction of sp³-hybridized carbons (Fsp3) is 0. The van der Waals surface area contributed by atoms with Crippen LogP contribution in [0.1, 0.15) is 26.4 Å². The summed E-state index contributed by atoms with van der Waals surface area (Å²) in [4.78, 5) is 36.5. The average Bonchev–Trinajstić information content (AvgIpc) is 3.06. The molecule has 154 valence electrons. The molecule has 4 rings (SSSR count). The van der Waals surface area contributed by atoms with Crippen molar-refractivity contribution in [3.05, 3.63) is 104 Å². The molecule has 0 unspecified atom stereocenters. The summed E-state index contributed by atoms with van der Waals surface area (Å²) >= 11 is 3.34. The predicted octanol–water partition coefficient (Wildman–Crippen LogP) is 4.68. The lowest BCUT2D eigenvalue weighted by atomic mass is 10.1. The summed E-state index contributed by atoms with van der Waals surface area (Å²) in [7, 11) is 0. The molecule has 0 saturated heterocycles. The number of rotatable bonds is 5. The first-order valence-corrected chi connectivity index (χ1v) is 9.90. The van der Waals surface area contributed by atoms with E-state index in [4.69, 9.17) is 5.73 Å². The number of carbonyl (C=O) groups excluding carboxylic acids is 2. The average molecular weight is 479 g/mol. The van der Waals surface area contributed by atoms with Crippen molar-refractivity contribution in [3.8, 4) is 0 Å². The van der Waals surface area contributed by atoms with E-state index < -0.39 is 16.6 Å². The lowest BCUT2D eigenvalue weighted by molar-refractivity contribution is -0.384. The molecule has 3 N–H and O–H groups in total. The number of nitrogen functional groups attached to an aromatic ring is 1. The van der Waals surface area contributed by atoms with Crippen LogP contribution >= 0.6 is 15.9 Å². The summed E-state index contributed by atoms with van der Waals surface area (Å²) in [6.07, 6.45) is 1.64. The molecule has 0 spiro atoms. The zero-order valence-electron chi connectivity index (χ0n) is 15.9. The number of pyridine rings is 1. The van der Waals surface area contributed by atoms with Crippen molar-refractivity contribution in [2.45, 2.75) is 0 Å². The molecule has 2 aromatic heterocycles. The molecule has 4 aromatic rings. The van der Waals surface area contributed by atoms with Crippen molar-refractivity contribution in [2.24, 2.45) is 0 Å². The van der Waals surface area contributed by atoms with Crippen molar-refractivity contribution in [3.63, 3.8) is 0 Å². The van der Waals surface area contributed by atoms with Gasteiger partial charge in [0.25, 0.3) is 11.6 Å². The number of nitrogens with zero attached hydrogens (tertiary/aromatic N) is 2. The number of hydrogen-bond donors (Lipinski definition) is 2. The number of nitro benzene ring substituents is 1. The van der Waals surface area contributed by atoms with Crippen LogP contribution in [0.5, 0.6) is 0 Å². The van der Waals surface area contributed by atoms with Crippen molar-refractivity contribution in [1.29, 1.82) is 0 Å². The molecule has 9 heteroatoms. The number of non-ortho nitro benzene ring substituents is 1. The molecule has 0 fully saturated rings. The lowest BCUT2D eigenvalue weighted by Crippen LogP contribution is -2.14. The van der Waals surface area contributed by atoms with E-state index in [1.165, 1.54) is 24.3 Å². The number of nitrogens with two attached hydrogens (primary N) is 1. The van der Waals surface area contributed by atoms with Crippen molar-refractivity contribution in [1.82, 2.24) is 4.40 Å². The van der Waals surface area contributed by atoms with Crippen LogP contribution < -0.4 is 11.1 Å². The van der Waals surface area contributed by atoms with Gasteiger partial charge in [0.1, 0.15) is 5.69 Å². The SMILES string of the molecule is Nc1c(C(=O)Nc2ccc(Br)cc2)c2ccccn2c1C(=O)c1ccc([N+](=O)[O-])cc1. The Bertz CT molecular complexity index is 1330. The van der Waals surface area contributed by atoms with Gasteiger partial charge in [0, 0.05) is 34.1 Å². The number of benzene rings is 2. The maximum absolute atomic E-state index is 13.2. The molecule has 0 radical (unpaired) electrons. The Morgan fingerprint density at radius 2 is 1.68 bits per heavy atom. The Labute approximate surface area is 184 Å². The van der Waals surface area contributed by atoms with Gasteiger partial charge in [-0.3, -0.25) is 19.7 Å². The second-order valence-corrected chi connectivity index (χ2v) is 7.60. The minimum atomic E-state index is -0.542. The van der Waals surface area contributed by atoms with Gasteiger partial charge in [-0.1, -0.05) is 22.0 Å². The second kappa shape index (κ2) is 8.04. The third-order valence-electron chi connectivity index (χ3n) is 4.77. The Morgan fingerprint density at radius 1 is 1.00 bits per heavy atom. The fourth-order valence-corrected chi connectivity index (χ4v) is 3.56. The van der Waals surface area contributed by atoms with Crippen molar-refractivity contribution in [2.75, 3.05) is 11.1 Å². The van der Waals surface area contributed by atoms with E-state index in [9.17, 15) is 19.7 Å². The van der Waals surface area contributed by atoms with E-state index in [1.54, 1.807) is 53.1 Å². The smallest absolute Gasteiger partial charge is 0.269 e. The fourth-order valence-electron chi connectivity index (χ4n) is 3.30. The number of ketones is 1. The van der Waals surface area contributed by atoms with Gasteiger partial charge in [-0.15, -0.1) is 0 Å². The largest absolute Gasteiger partial charge is 0.396 e. The first kappa shape index (κ1) is 20.3. The minimum absolute atomic E-state index is 0.0316. The number of anilines is 2. The molecule has 0 atom stereocenters. The van der Waals surface area contributed by atoms with E-state index in [-0.39, 0.29) is 28.2 Å². The van der Waals surface area contributed by atoms with Gasteiger partial charge >= 0.3 is 0 Å². The van der Waals surface area contributed by atoms with Gasteiger partial charge in [0.15, 0.2) is 0 Å². The zero-order chi connectivity index (χ0) is 22.1. The molecule has 0 bridgehead atoms. The number of fused-ring (bicyclic) bond motifs is 1. The highest BCUT2D eigenvalue weighted by molar-refractivity contribution is 9.10. The highest BCUT2D eigenvalue weighted by Gasteiger charge is 2.26. The van der Waals surface area contributed by atoms with E-state index in [2.05, 4.69) is 21.2 Å². The molecule has 0 aliphatic heterocycles. The summed E-state index contributed by atoms with van der Waals surface area (Å²) in [5, 5.41) is 13.7. The summed E-state index contributed by atoms with van der Waals surface area (Å²) in [6, 6.07) is 17.4. The first-order valence-electron chi connectivity index (χ1n) is 9.11. The molecule has 0 aliphatic rings. The van der Waals surface area contributed by atoms with Gasteiger partial charge in [-0.2, -0.15) is 0 Å². The maximum atomic E-state index is 13.2. The molecular weight excluding hydrogens is 464 g/mol. The summed E-state index contributed by atoms with van der Waals surface area (Å²) in [5.74, 6) is -0.900. The van der Waals surface area contributed by atoms with Gasteiger partial charge < -0.3 is 15.5 Å². The topological polar surface area (TPSA) is 120 Å². The Hall–Kier alpha value is -3.98. The van der Waals surface area contributed by atoms with Gasteiger partial charge in [-0.25, -0.2) is 0 Å². The van der Waals surface area contributed by atoms with Crippen LogP contribution in [0.15, 0.2) is 77.4 Å². The highest BCUT2D eigenvalue weighted by atomic mass is 79.9.